The standard InChI is InChI=1S/C14H20F3NO5/c1-19-2-3-20-4-5-21-6-7-22-12-8-11(18)9-13(10-12)23-14(15,16)17/h8-10H,2-7,18H2,1H3. The van der Waals surface area contributed by atoms with Crippen molar-refractivity contribution in [2.45, 2.75) is 6.36 Å². The van der Waals surface area contributed by atoms with Crippen LogP contribution >= 0.6 is 0 Å². The fourth-order valence-electron chi connectivity index (χ4n) is 1.55. The van der Waals surface area contributed by atoms with Crippen LogP contribution in [0.3, 0.4) is 0 Å². The highest BCUT2D eigenvalue weighted by atomic mass is 19.4. The van der Waals surface area contributed by atoms with Gasteiger partial charge in [0.25, 0.3) is 0 Å². The van der Waals surface area contributed by atoms with E-state index < -0.39 is 12.1 Å². The number of hydrogen-bond donors (Lipinski definition) is 1. The number of hydrogen-bond acceptors (Lipinski definition) is 6. The lowest BCUT2D eigenvalue weighted by Gasteiger charge is -2.12. The molecule has 6 nitrogen and oxygen atoms in total. The average molecular weight is 339 g/mol. The number of anilines is 1. The first-order chi connectivity index (χ1) is 10.9. The molecule has 0 saturated heterocycles. The van der Waals surface area contributed by atoms with Gasteiger partial charge in [-0.2, -0.15) is 0 Å². The summed E-state index contributed by atoms with van der Waals surface area (Å²) in [4.78, 5) is 0. The molecule has 1 rings (SSSR count). The van der Waals surface area contributed by atoms with E-state index in [9.17, 15) is 13.2 Å². The van der Waals surface area contributed by atoms with Gasteiger partial charge in [-0.3, -0.25) is 0 Å². The quantitative estimate of drug-likeness (QED) is 0.492. The summed E-state index contributed by atoms with van der Waals surface area (Å²) in [6.45, 7) is 2.23. The van der Waals surface area contributed by atoms with Gasteiger partial charge in [0.1, 0.15) is 18.1 Å². The van der Waals surface area contributed by atoms with Crippen molar-refractivity contribution < 1.29 is 36.9 Å². The maximum atomic E-state index is 12.2. The molecule has 1 aromatic rings. The van der Waals surface area contributed by atoms with Crippen molar-refractivity contribution in [3.63, 3.8) is 0 Å². The zero-order chi connectivity index (χ0) is 17.1. The first kappa shape index (κ1) is 19.3. The third kappa shape index (κ3) is 9.82. The zero-order valence-corrected chi connectivity index (χ0v) is 12.7. The molecule has 0 aliphatic carbocycles. The molecule has 0 aliphatic rings. The number of ether oxygens (including phenoxy) is 5. The van der Waals surface area contributed by atoms with Crippen LogP contribution in [0, 0.1) is 0 Å². The molecule has 0 spiro atoms. The molecule has 0 bridgehead atoms. The Morgan fingerprint density at radius 3 is 2.04 bits per heavy atom. The molecular weight excluding hydrogens is 319 g/mol. The second-order valence-corrected chi connectivity index (χ2v) is 4.35. The molecule has 0 amide bonds. The summed E-state index contributed by atoms with van der Waals surface area (Å²) in [5, 5.41) is 0. The van der Waals surface area contributed by atoms with Gasteiger partial charge in [0, 0.05) is 31.0 Å². The number of nitrogens with two attached hydrogens (primary N) is 1. The van der Waals surface area contributed by atoms with Gasteiger partial charge < -0.3 is 29.4 Å². The van der Waals surface area contributed by atoms with Crippen LogP contribution in [0.2, 0.25) is 0 Å². The summed E-state index contributed by atoms with van der Waals surface area (Å²) < 4.78 is 60.8. The van der Waals surface area contributed by atoms with Crippen molar-refractivity contribution in [1.29, 1.82) is 0 Å². The minimum atomic E-state index is -4.78. The second kappa shape index (κ2) is 10.1. The number of halogens is 3. The molecule has 0 aliphatic heterocycles. The average Bonchev–Trinajstić information content (AvgIpc) is 2.43. The largest absolute Gasteiger partial charge is 0.573 e. The monoisotopic (exact) mass is 339 g/mol. The van der Waals surface area contributed by atoms with Gasteiger partial charge in [0.15, 0.2) is 0 Å². The minimum Gasteiger partial charge on any atom is -0.491 e. The van der Waals surface area contributed by atoms with Gasteiger partial charge in [0.2, 0.25) is 0 Å². The molecular formula is C14H20F3NO5. The van der Waals surface area contributed by atoms with E-state index in [0.29, 0.717) is 26.4 Å². The molecule has 0 fully saturated rings. The molecule has 1 aromatic carbocycles. The number of nitrogen functional groups attached to an aromatic ring is 1. The van der Waals surface area contributed by atoms with Gasteiger partial charge in [-0.15, -0.1) is 13.2 Å². The Hall–Kier alpha value is -1.71. The van der Waals surface area contributed by atoms with Gasteiger partial charge in [0.05, 0.1) is 33.0 Å². The SMILES string of the molecule is COCCOCCOCCOc1cc(N)cc(OC(F)(F)F)c1. The molecule has 0 heterocycles. The predicted molar refractivity (Wildman–Crippen MR) is 76.5 cm³/mol. The Bertz CT molecular complexity index is 457. The van der Waals surface area contributed by atoms with E-state index in [1.165, 1.54) is 6.07 Å². The fourth-order valence-corrected chi connectivity index (χ4v) is 1.55. The number of benzene rings is 1. The summed E-state index contributed by atoms with van der Waals surface area (Å²) in [6, 6.07) is 3.57. The van der Waals surface area contributed by atoms with Crippen molar-refractivity contribution in [1.82, 2.24) is 0 Å². The van der Waals surface area contributed by atoms with E-state index in [-0.39, 0.29) is 24.7 Å². The van der Waals surface area contributed by atoms with Crippen LogP contribution in [0.5, 0.6) is 11.5 Å². The minimum absolute atomic E-state index is 0.106. The van der Waals surface area contributed by atoms with Crippen molar-refractivity contribution in [3.05, 3.63) is 18.2 Å². The highest BCUT2D eigenvalue weighted by Gasteiger charge is 2.31. The van der Waals surface area contributed by atoms with Crippen LogP contribution < -0.4 is 15.2 Å². The van der Waals surface area contributed by atoms with Crippen LogP contribution in [0.1, 0.15) is 0 Å². The summed E-state index contributed by atoms with van der Waals surface area (Å²) in [7, 11) is 1.58. The maximum Gasteiger partial charge on any atom is 0.573 e. The van der Waals surface area contributed by atoms with Crippen molar-refractivity contribution in [3.8, 4) is 11.5 Å². The van der Waals surface area contributed by atoms with E-state index in [1.807, 2.05) is 0 Å². The Labute approximate surface area is 132 Å². The van der Waals surface area contributed by atoms with E-state index in [4.69, 9.17) is 24.7 Å². The highest BCUT2D eigenvalue weighted by molar-refractivity contribution is 5.50. The summed E-state index contributed by atoms with van der Waals surface area (Å²) >= 11 is 0. The Balaban J connectivity index is 2.24. The van der Waals surface area contributed by atoms with E-state index in [2.05, 4.69) is 4.74 Å². The van der Waals surface area contributed by atoms with Crippen LogP contribution in [-0.2, 0) is 14.2 Å². The fraction of sp³-hybridized carbons (Fsp3) is 0.571. The molecule has 0 radical (unpaired) electrons. The Morgan fingerprint density at radius 2 is 1.43 bits per heavy atom. The normalized spacial score (nSPS) is 11.5. The first-order valence-corrected chi connectivity index (χ1v) is 6.84. The molecule has 132 valence electrons. The summed E-state index contributed by atoms with van der Waals surface area (Å²) in [6.07, 6.45) is -4.78. The molecule has 0 unspecified atom stereocenters. The zero-order valence-electron chi connectivity index (χ0n) is 12.7. The topological polar surface area (TPSA) is 72.2 Å². The van der Waals surface area contributed by atoms with Crippen LogP contribution in [-0.4, -0.2) is 53.1 Å². The Morgan fingerprint density at radius 1 is 0.870 bits per heavy atom. The number of rotatable bonds is 11. The lowest BCUT2D eigenvalue weighted by atomic mass is 10.3. The van der Waals surface area contributed by atoms with E-state index >= 15 is 0 Å². The maximum absolute atomic E-state index is 12.2. The third-order valence-corrected chi connectivity index (χ3v) is 2.44. The highest BCUT2D eigenvalue weighted by Crippen LogP contribution is 2.29. The number of methoxy groups -OCH3 is 1. The van der Waals surface area contributed by atoms with Crippen molar-refractivity contribution >= 4 is 5.69 Å². The predicted octanol–water partition coefficient (Wildman–Crippen LogP) is 2.23. The smallest absolute Gasteiger partial charge is 0.491 e. The van der Waals surface area contributed by atoms with Crippen LogP contribution in [0.25, 0.3) is 0 Å². The van der Waals surface area contributed by atoms with E-state index in [0.717, 1.165) is 12.1 Å². The molecule has 0 saturated carbocycles. The van der Waals surface area contributed by atoms with Crippen molar-refractivity contribution in [2.75, 3.05) is 52.5 Å². The summed E-state index contributed by atoms with van der Waals surface area (Å²) in [5.41, 5.74) is 5.61. The van der Waals surface area contributed by atoms with Crippen molar-refractivity contribution in [2.24, 2.45) is 0 Å². The first-order valence-electron chi connectivity index (χ1n) is 6.84. The van der Waals surface area contributed by atoms with Gasteiger partial charge in [-0.1, -0.05) is 0 Å². The molecule has 0 aromatic heterocycles. The Kier molecular flexibility index (Phi) is 8.52. The molecule has 2 N–H and O–H groups in total. The molecule has 23 heavy (non-hydrogen) atoms. The van der Waals surface area contributed by atoms with Gasteiger partial charge >= 0.3 is 6.36 Å². The van der Waals surface area contributed by atoms with Crippen LogP contribution in [0.4, 0.5) is 18.9 Å². The van der Waals surface area contributed by atoms with Crippen LogP contribution in [0.15, 0.2) is 18.2 Å². The third-order valence-electron chi connectivity index (χ3n) is 2.44. The van der Waals surface area contributed by atoms with E-state index in [1.54, 1.807) is 7.11 Å². The number of alkyl halides is 3. The molecule has 0 atom stereocenters. The summed E-state index contributed by atoms with van der Waals surface area (Å²) in [5.74, 6) is -0.260. The van der Waals surface area contributed by atoms with Gasteiger partial charge in [-0.05, 0) is 0 Å². The lowest BCUT2D eigenvalue weighted by Crippen LogP contribution is -2.17. The molecule has 9 heteroatoms. The second-order valence-electron chi connectivity index (χ2n) is 4.35. The van der Waals surface area contributed by atoms with Gasteiger partial charge in [-0.25, -0.2) is 0 Å². The lowest BCUT2D eigenvalue weighted by molar-refractivity contribution is -0.274.